The number of nitrogens with two attached hydrogens (primary N) is 1. The van der Waals surface area contributed by atoms with Crippen LogP contribution in [0.1, 0.15) is 57.1 Å². The van der Waals surface area contributed by atoms with E-state index in [1.807, 2.05) is 6.07 Å². The van der Waals surface area contributed by atoms with E-state index in [0.29, 0.717) is 0 Å². The summed E-state index contributed by atoms with van der Waals surface area (Å²) in [5, 5.41) is 11.0. The van der Waals surface area contributed by atoms with Gasteiger partial charge in [-0.1, -0.05) is 51.0 Å². The number of benzene rings is 1. The molecule has 0 saturated carbocycles. The van der Waals surface area contributed by atoms with Crippen LogP contribution in [-0.4, -0.2) is 10.7 Å². The Morgan fingerprint density at radius 2 is 1.83 bits per heavy atom. The fraction of sp³-hybridized carbons (Fsp3) is 0.625. The Hall–Kier alpha value is -0.860. The third-order valence-corrected chi connectivity index (χ3v) is 4.44. The lowest BCUT2D eigenvalue weighted by Crippen LogP contribution is -2.60. The van der Waals surface area contributed by atoms with Crippen molar-refractivity contribution < 1.29 is 5.11 Å². The maximum atomic E-state index is 11.0. The van der Waals surface area contributed by atoms with Gasteiger partial charge in [-0.3, -0.25) is 0 Å². The van der Waals surface area contributed by atoms with E-state index in [0.717, 1.165) is 44.1 Å². The largest absolute Gasteiger partial charge is 0.388 e. The van der Waals surface area contributed by atoms with Gasteiger partial charge in [0.1, 0.15) is 0 Å². The Labute approximate surface area is 110 Å². The molecule has 1 aromatic rings. The van der Waals surface area contributed by atoms with E-state index in [1.54, 1.807) is 0 Å². The summed E-state index contributed by atoms with van der Waals surface area (Å²) in [6.07, 6.45) is 5.33. The molecule has 0 aliphatic heterocycles. The summed E-state index contributed by atoms with van der Waals surface area (Å²) in [5.41, 5.74) is 7.85. The topological polar surface area (TPSA) is 46.2 Å². The van der Waals surface area contributed by atoms with Gasteiger partial charge in [0.05, 0.1) is 11.1 Å². The van der Waals surface area contributed by atoms with Crippen molar-refractivity contribution in [3.63, 3.8) is 0 Å². The molecule has 1 aliphatic rings. The predicted molar refractivity (Wildman–Crippen MR) is 75.4 cm³/mol. The summed E-state index contributed by atoms with van der Waals surface area (Å²) >= 11 is 0. The first-order valence-electron chi connectivity index (χ1n) is 7.17. The third-order valence-electron chi connectivity index (χ3n) is 4.44. The first kappa shape index (κ1) is 13.6. The van der Waals surface area contributed by atoms with Crippen LogP contribution >= 0.6 is 0 Å². The molecular formula is C16H25NO. The molecule has 0 radical (unpaired) electrons. The highest BCUT2D eigenvalue weighted by Crippen LogP contribution is 2.45. The lowest BCUT2D eigenvalue weighted by molar-refractivity contribution is -0.0646. The number of fused-ring (bicyclic) bond motifs is 1. The quantitative estimate of drug-likeness (QED) is 0.858. The lowest BCUT2D eigenvalue weighted by Gasteiger charge is -2.49. The lowest BCUT2D eigenvalue weighted by atomic mass is 9.63. The van der Waals surface area contributed by atoms with Gasteiger partial charge in [0.15, 0.2) is 0 Å². The average Bonchev–Trinajstić information content (AvgIpc) is 2.36. The first-order chi connectivity index (χ1) is 8.57. The smallest absolute Gasteiger partial charge is 0.0871 e. The monoisotopic (exact) mass is 247 g/mol. The molecule has 0 bridgehead atoms. The highest BCUT2D eigenvalue weighted by atomic mass is 16.3. The molecule has 2 unspecified atom stereocenters. The molecule has 0 spiro atoms. The maximum absolute atomic E-state index is 11.0. The molecule has 2 heteroatoms. The van der Waals surface area contributed by atoms with Crippen LogP contribution in [0.15, 0.2) is 24.3 Å². The van der Waals surface area contributed by atoms with Gasteiger partial charge < -0.3 is 10.8 Å². The Morgan fingerprint density at radius 1 is 1.17 bits per heavy atom. The highest BCUT2D eigenvalue weighted by molar-refractivity contribution is 5.39. The third kappa shape index (κ3) is 1.98. The van der Waals surface area contributed by atoms with E-state index in [2.05, 4.69) is 32.0 Å². The van der Waals surface area contributed by atoms with E-state index in [4.69, 9.17) is 5.73 Å². The molecule has 1 aliphatic carbocycles. The molecule has 18 heavy (non-hydrogen) atoms. The van der Waals surface area contributed by atoms with Crippen molar-refractivity contribution in [1.82, 2.24) is 0 Å². The van der Waals surface area contributed by atoms with Crippen LogP contribution in [0.5, 0.6) is 0 Å². The van der Waals surface area contributed by atoms with Gasteiger partial charge in [0.2, 0.25) is 0 Å². The van der Waals surface area contributed by atoms with E-state index >= 15 is 0 Å². The van der Waals surface area contributed by atoms with Crippen LogP contribution in [0, 0.1) is 0 Å². The normalized spacial score (nSPS) is 31.1. The number of rotatable bonds is 4. The van der Waals surface area contributed by atoms with Gasteiger partial charge in [-0.25, -0.2) is 0 Å². The van der Waals surface area contributed by atoms with E-state index < -0.39 is 11.1 Å². The van der Waals surface area contributed by atoms with Crippen molar-refractivity contribution in [3.8, 4) is 0 Å². The van der Waals surface area contributed by atoms with Crippen LogP contribution < -0.4 is 5.73 Å². The zero-order chi connectivity index (χ0) is 13.2. The summed E-state index contributed by atoms with van der Waals surface area (Å²) < 4.78 is 0. The molecule has 0 fully saturated rings. The van der Waals surface area contributed by atoms with Crippen LogP contribution in [0.4, 0.5) is 0 Å². The van der Waals surface area contributed by atoms with Gasteiger partial charge in [-0.15, -0.1) is 0 Å². The second kappa shape index (κ2) is 5.02. The summed E-state index contributed by atoms with van der Waals surface area (Å²) in [5.74, 6) is 0. The minimum absolute atomic E-state index is 0.577. The summed E-state index contributed by atoms with van der Waals surface area (Å²) in [4.78, 5) is 0. The fourth-order valence-corrected chi connectivity index (χ4v) is 3.51. The Bertz CT molecular complexity index is 417. The summed E-state index contributed by atoms with van der Waals surface area (Å²) in [7, 11) is 0. The molecule has 2 nitrogen and oxygen atoms in total. The van der Waals surface area contributed by atoms with Gasteiger partial charge in [-0.2, -0.15) is 0 Å². The van der Waals surface area contributed by atoms with Gasteiger partial charge >= 0.3 is 0 Å². The number of hydrogen-bond donors (Lipinski definition) is 2. The minimum atomic E-state index is -0.744. The van der Waals surface area contributed by atoms with E-state index in [-0.39, 0.29) is 0 Å². The molecule has 0 saturated heterocycles. The van der Waals surface area contributed by atoms with Gasteiger partial charge in [0.25, 0.3) is 0 Å². The molecule has 2 rings (SSSR count). The minimum Gasteiger partial charge on any atom is -0.388 e. The van der Waals surface area contributed by atoms with Crippen LogP contribution in [0.25, 0.3) is 0 Å². The molecule has 100 valence electrons. The summed E-state index contributed by atoms with van der Waals surface area (Å²) in [6, 6.07) is 8.35. The highest BCUT2D eigenvalue weighted by Gasteiger charge is 2.50. The number of hydrogen-bond acceptors (Lipinski definition) is 2. The second-order valence-electron chi connectivity index (χ2n) is 5.66. The van der Waals surface area contributed by atoms with Crippen LogP contribution in [0.2, 0.25) is 0 Å². The Morgan fingerprint density at radius 3 is 2.50 bits per heavy atom. The zero-order valence-corrected chi connectivity index (χ0v) is 11.6. The summed E-state index contributed by atoms with van der Waals surface area (Å²) in [6.45, 7) is 4.25. The van der Waals surface area contributed by atoms with Crippen molar-refractivity contribution in [1.29, 1.82) is 0 Å². The van der Waals surface area contributed by atoms with Gasteiger partial charge in [0, 0.05) is 0 Å². The molecule has 3 N–H and O–H groups in total. The van der Waals surface area contributed by atoms with E-state index in [9.17, 15) is 5.11 Å². The number of aliphatic hydroxyl groups is 1. The zero-order valence-electron chi connectivity index (χ0n) is 11.6. The first-order valence-corrected chi connectivity index (χ1v) is 7.17. The van der Waals surface area contributed by atoms with Crippen molar-refractivity contribution in [2.45, 2.75) is 63.5 Å². The Balaban J connectivity index is 2.49. The molecule has 2 atom stereocenters. The Kier molecular flexibility index (Phi) is 3.79. The molecular weight excluding hydrogens is 222 g/mol. The van der Waals surface area contributed by atoms with Crippen molar-refractivity contribution in [3.05, 3.63) is 35.4 Å². The SMILES string of the molecule is CCCC1(O)CCc2ccccc2C1(N)CCC. The van der Waals surface area contributed by atoms with Crippen LogP contribution in [-0.2, 0) is 12.0 Å². The average molecular weight is 247 g/mol. The molecule has 0 heterocycles. The van der Waals surface area contributed by atoms with Gasteiger partial charge in [-0.05, 0) is 36.8 Å². The predicted octanol–water partition coefficient (Wildman–Crippen LogP) is 3.12. The second-order valence-corrected chi connectivity index (χ2v) is 5.66. The molecule has 0 aromatic heterocycles. The van der Waals surface area contributed by atoms with Crippen LogP contribution in [0.3, 0.4) is 0 Å². The molecule has 0 amide bonds. The van der Waals surface area contributed by atoms with Crippen molar-refractivity contribution >= 4 is 0 Å². The number of aryl methyl sites for hydroxylation is 1. The molecule has 1 aromatic carbocycles. The van der Waals surface area contributed by atoms with Crippen molar-refractivity contribution in [2.24, 2.45) is 5.73 Å². The standard InChI is InChI=1S/C16H25NO/c1-3-10-15(18)12-9-13-7-5-6-8-14(13)16(15,17)11-4-2/h5-8,18H,3-4,9-12,17H2,1-2H3. The van der Waals surface area contributed by atoms with Crippen molar-refractivity contribution in [2.75, 3.05) is 0 Å². The van der Waals surface area contributed by atoms with E-state index in [1.165, 1.54) is 5.56 Å². The fourth-order valence-electron chi connectivity index (χ4n) is 3.51. The maximum Gasteiger partial charge on any atom is 0.0871 e.